The van der Waals surface area contributed by atoms with Crippen LogP contribution in [0.15, 0.2) is 27.3 Å². The van der Waals surface area contributed by atoms with E-state index in [9.17, 15) is 0 Å². The normalized spacial score (nSPS) is 13.6. The van der Waals surface area contributed by atoms with Gasteiger partial charge in [-0.25, -0.2) is 4.98 Å². The highest BCUT2D eigenvalue weighted by atomic mass is 79.9. The van der Waals surface area contributed by atoms with Gasteiger partial charge in [0.05, 0.1) is 6.04 Å². The van der Waals surface area contributed by atoms with Gasteiger partial charge in [0.2, 0.25) is 0 Å². The topological polar surface area (TPSA) is 77.8 Å². The summed E-state index contributed by atoms with van der Waals surface area (Å²) in [6.07, 6.45) is 1.68. The molecule has 2 aromatic rings. The molecule has 0 aliphatic rings. The number of nitrogens with two attached hydrogens (primary N) is 1. The zero-order valence-electron chi connectivity index (χ0n) is 10.5. The maximum atomic E-state index is 6.07. The Labute approximate surface area is 114 Å². The second kappa shape index (κ2) is 4.78. The van der Waals surface area contributed by atoms with Gasteiger partial charge in [0.25, 0.3) is 5.89 Å². The first-order valence-electron chi connectivity index (χ1n) is 5.59. The van der Waals surface area contributed by atoms with Crippen molar-refractivity contribution in [2.75, 3.05) is 0 Å². The molecule has 2 aromatic heterocycles. The Kier molecular flexibility index (Phi) is 3.49. The molecule has 2 heterocycles. The van der Waals surface area contributed by atoms with Gasteiger partial charge in [-0.15, -0.1) is 0 Å². The molecule has 0 aliphatic carbocycles. The van der Waals surface area contributed by atoms with Crippen LogP contribution in [0.5, 0.6) is 0 Å². The SMILES string of the molecule is CC(C)(C)C(N)c1noc(-c2ccc(Br)cn2)n1. The van der Waals surface area contributed by atoms with Crippen LogP contribution in [-0.2, 0) is 0 Å². The molecule has 0 radical (unpaired) electrons. The van der Waals surface area contributed by atoms with Crippen molar-refractivity contribution in [1.82, 2.24) is 15.1 Å². The molecule has 0 aromatic carbocycles. The lowest BCUT2D eigenvalue weighted by molar-refractivity contribution is 0.303. The lowest BCUT2D eigenvalue weighted by Gasteiger charge is -2.23. The Bertz CT molecular complexity index is 530. The number of hydrogen-bond acceptors (Lipinski definition) is 5. The summed E-state index contributed by atoms with van der Waals surface area (Å²) in [5.74, 6) is 0.888. The Balaban J connectivity index is 2.28. The van der Waals surface area contributed by atoms with Gasteiger partial charge in [0, 0.05) is 10.7 Å². The monoisotopic (exact) mass is 310 g/mol. The lowest BCUT2D eigenvalue weighted by Crippen LogP contribution is -2.27. The zero-order valence-corrected chi connectivity index (χ0v) is 12.1. The van der Waals surface area contributed by atoms with Gasteiger partial charge in [-0.2, -0.15) is 4.98 Å². The molecule has 5 nitrogen and oxygen atoms in total. The Morgan fingerprint density at radius 3 is 2.61 bits per heavy atom. The molecule has 18 heavy (non-hydrogen) atoms. The van der Waals surface area contributed by atoms with Crippen LogP contribution in [0.4, 0.5) is 0 Å². The second-order valence-electron chi connectivity index (χ2n) is 5.16. The number of rotatable bonds is 2. The minimum absolute atomic E-state index is 0.117. The smallest absolute Gasteiger partial charge is 0.276 e. The molecule has 0 bridgehead atoms. The maximum Gasteiger partial charge on any atom is 0.276 e. The molecular weight excluding hydrogens is 296 g/mol. The van der Waals surface area contributed by atoms with Crippen molar-refractivity contribution in [3.8, 4) is 11.6 Å². The van der Waals surface area contributed by atoms with E-state index < -0.39 is 0 Å². The van der Waals surface area contributed by atoms with E-state index >= 15 is 0 Å². The molecule has 2 N–H and O–H groups in total. The quantitative estimate of drug-likeness (QED) is 0.922. The van der Waals surface area contributed by atoms with E-state index in [4.69, 9.17) is 10.3 Å². The summed E-state index contributed by atoms with van der Waals surface area (Å²) < 4.78 is 6.09. The van der Waals surface area contributed by atoms with Crippen LogP contribution in [0, 0.1) is 5.41 Å². The Morgan fingerprint density at radius 1 is 1.33 bits per heavy atom. The summed E-state index contributed by atoms with van der Waals surface area (Å²) in [6.45, 7) is 6.10. The summed E-state index contributed by atoms with van der Waals surface area (Å²) in [7, 11) is 0. The molecule has 0 spiro atoms. The molecule has 0 saturated heterocycles. The predicted molar refractivity (Wildman–Crippen MR) is 71.6 cm³/mol. The minimum Gasteiger partial charge on any atom is -0.332 e. The van der Waals surface area contributed by atoms with E-state index in [-0.39, 0.29) is 11.5 Å². The summed E-state index contributed by atoms with van der Waals surface area (Å²) in [5, 5.41) is 3.92. The molecule has 0 saturated carbocycles. The van der Waals surface area contributed by atoms with Crippen molar-refractivity contribution in [2.24, 2.45) is 11.1 Å². The third kappa shape index (κ3) is 2.76. The van der Waals surface area contributed by atoms with Gasteiger partial charge in [-0.05, 0) is 33.5 Å². The van der Waals surface area contributed by atoms with E-state index in [2.05, 4.69) is 31.1 Å². The van der Waals surface area contributed by atoms with Crippen molar-refractivity contribution < 1.29 is 4.52 Å². The highest BCUT2D eigenvalue weighted by Crippen LogP contribution is 2.29. The molecule has 2 rings (SSSR count). The van der Waals surface area contributed by atoms with Crippen LogP contribution in [0.1, 0.15) is 32.6 Å². The number of aromatic nitrogens is 3. The molecule has 1 unspecified atom stereocenters. The van der Waals surface area contributed by atoms with Crippen molar-refractivity contribution in [1.29, 1.82) is 0 Å². The third-order valence-electron chi connectivity index (χ3n) is 2.60. The van der Waals surface area contributed by atoms with Crippen molar-refractivity contribution in [3.05, 3.63) is 28.6 Å². The number of pyridine rings is 1. The Morgan fingerprint density at radius 2 is 2.06 bits per heavy atom. The van der Waals surface area contributed by atoms with Crippen LogP contribution < -0.4 is 5.73 Å². The summed E-state index contributed by atoms with van der Waals surface area (Å²) in [6, 6.07) is 3.41. The van der Waals surface area contributed by atoms with Crippen LogP contribution in [0.3, 0.4) is 0 Å². The maximum absolute atomic E-state index is 6.07. The fraction of sp³-hybridized carbons (Fsp3) is 0.417. The Hall–Kier alpha value is -1.27. The molecular formula is C12H15BrN4O. The largest absolute Gasteiger partial charge is 0.332 e. The van der Waals surface area contributed by atoms with Crippen molar-refractivity contribution >= 4 is 15.9 Å². The van der Waals surface area contributed by atoms with Gasteiger partial charge in [0.1, 0.15) is 5.69 Å². The van der Waals surface area contributed by atoms with Crippen LogP contribution >= 0.6 is 15.9 Å². The highest BCUT2D eigenvalue weighted by Gasteiger charge is 2.27. The second-order valence-corrected chi connectivity index (χ2v) is 6.08. The van der Waals surface area contributed by atoms with Crippen molar-refractivity contribution in [2.45, 2.75) is 26.8 Å². The van der Waals surface area contributed by atoms with E-state index in [1.807, 2.05) is 32.9 Å². The predicted octanol–water partition coefficient (Wildman–Crippen LogP) is 2.94. The van der Waals surface area contributed by atoms with E-state index in [1.165, 1.54) is 0 Å². The van der Waals surface area contributed by atoms with Gasteiger partial charge in [-0.3, -0.25) is 0 Å². The molecule has 6 heteroatoms. The number of nitrogens with zero attached hydrogens (tertiary/aromatic N) is 3. The summed E-state index contributed by atoms with van der Waals surface area (Å²) in [5.41, 5.74) is 6.59. The van der Waals surface area contributed by atoms with Crippen LogP contribution in [0.2, 0.25) is 0 Å². The standard InChI is InChI=1S/C12H15BrN4O/c1-12(2,3)9(14)10-16-11(18-17-10)8-5-4-7(13)6-15-8/h4-6,9H,14H2,1-3H3. The first-order valence-corrected chi connectivity index (χ1v) is 6.38. The first-order chi connectivity index (χ1) is 8.38. The molecule has 0 amide bonds. The van der Waals surface area contributed by atoms with Crippen molar-refractivity contribution in [3.63, 3.8) is 0 Å². The molecule has 1 atom stereocenters. The molecule has 0 fully saturated rings. The average molecular weight is 311 g/mol. The average Bonchev–Trinajstić information content (AvgIpc) is 2.77. The third-order valence-corrected chi connectivity index (χ3v) is 3.07. The summed E-state index contributed by atoms with van der Waals surface area (Å²) in [4.78, 5) is 8.50. The van der Waals surface area contributed by atoms with Gasteiger partial charge < -0.3 is 10.3 Å². The van der Waals surface area contributed by atoms with Crippen LogP contribution in [0.25, 0.3) is 11.6 Å². The van der Waals surface area contributed by atoms with E-state index in [1.54, 1.807) is 6.20 Å². The van der Waals surface area contributed by atoms with E-state index in [0.717, 1.165) is 4.47 Å². The minimum atomic E-state index is -0.273. The summed E-state index contributed by atoms with van der Waals surface area (Å²) >= 11 is 3.32. The zero-order chi connectivity index (χ0) is 13.3. The number of halogens is 1. The van der Waals surface area contributed by atoms with Gasteiger partial charge in [0.15, 0.2) is 5.82 Å². The lowest BCUT2D eigenvalue weighted by atomic mass is 9.87. The number of hydrogen-bond donors (Lipinski definition) is 1. The molecule has 96 valence electrons. The first kappa shape index (κ1) is 13.2. The fourth-order valence-electron chi connectivity index (χ4n) is 1.35. The van der Waals surface area contributed by atoms with Gasteiger partial charge >= 0.3 is 0 Å². The van der Waals surface area contributed by atoms with Crippen LogP contribution in [-0.4, -0.2) is 15.1 Å². The van der Waals surface area contributed by atoms with E-state index in [0.29, 0.717) is 17.4 Å². The van der Waals surface area contributed by atoms with Gasteiger partial charge in [-0.1, -0.05) is 25.9 Å². The highest BCUT2D eigenvalue weighted by molar-refractivity contribution is 9.10. The fourth-order valence-corrected chi connectivity index (χ4v) is 1.59. The molecule has 0 aliphatic heterocycles.